The number of likely N-dealkylation sites (tertiary alicyclic amines) is 1. The van der Waals surface area contributed by atoms with Crippen LogP contribution >= 0.6 is 0 Å². The highest BCUT2D eigenvalue weighted by molar-refractivity contribution is 5.78. The molecule has 0 aliphatic carbocycles. The highest BCUT2D eigenvalue weighted by Crippen LogP contribution is 2.21. The Bertz CT molecular complexity index is 241. The van der Waals surface area contributed by atoms with Crippen LogP contribution in [0.1, 0.15) is 40.0 Å². The number of likely N-dealkylation sites (N-methyl/N-ethyl adjacent to an activating group) is 1. The van der Waals surface area contributed by atoms with Crippen molar-refractivity contribution in [3.8, 4) is 0 Å². The third-order valence-electron chi connectivity index (χ3n) is 3.90. The van der Waals surface area contributed by atoms with Crippen LogP contribution < -0.4 is 5.73 Å². The fraction of sp³-hybridized carbons (Fsp3) is 0.923. The first-order chi connectivity index (χ1) is 8.13. The summed E-state index contributed by atoms with van der Waals surface area (Å²) in [5, 5.41) is 0. The molecule has 1 rings (SSSR count). The zero-order chi connectivity index (χ0) is 12.8. The zero-order valence-electron chi connectivity index (χ0n) is 11.5. The van der Waals surface area contributed by atoms with Gasteiger partial charge < -0.3 is 10.6 Å². The van der Waals surface area contributed by atoms with Gasteiger partial charge in [-0.3, -0.25) is 9.69 Å². The molecular formula is C13H27N3O. The second kappa shape index (κ2) is 6.97. The molecule has 0 bridgehead atoms. The first-order valence-electron chi connectivity index (χ1n) is 6.87. The van der Waals surface area contributed by atoms with Crippen LogP contribution in [0.3, 0.4) is 0 Å². The highest BCUT2D eigenvalue weighted by Gasteiger charge is 2.29. The molecule has 4 heteroatoms. The van der Waals surface area contributed by atoms with Gasteiger partial charge in [-0.15, -0.1) is 0 Å². The van der Waals surface area contributed by atoms with Crippen LogP contribution in [-0.4, -0.2) is 54.0 Å². The Morgan fingerprint density at radius 2 is 2.00 bits per heavy atom. The van der Waals surface area contributed by atoms with Crippen LogP contribution in [0.25, 0.3) is 0 Å². The number of carbonyl (C=O) groups is 1. The van der Waals surface area contributed by atoms with Crippen molar-refractivity contribution >= 4 is 5.91 Å². The lowest BCUT2D eigenvalue weighted by Gasteiger charge is -2.40. The first-order valence-corrected chi connectivity index (χ1v) is 6.87. The number of nitrogens with two attached hydrogens (primary N) is 1. The van der Waals surface area contributed by atoms with E-state index in [0.29, 0.717) is 25.2 Å². The summed E-state index contributed by atoms with van der Waals surface area (Å²) in [6.07, 6.45) is 3.55. The van der Waals surface area contributed by atoms with Gasteiger partial charge in [-0.05, 0) is 33.6 Å². The molecule has 2 N–H and O–H groups in total. The highest BCUT2D eigenvalue weighted by atomic mass is 16.2. The van der Waals surface area contributed by atoms with Gasteiger partial charge in [-0.2, -0.15) is 0 Å². The van der Waals surface area contributed by atoms with Crippen LogP contribution in [-0.2, 0) is 4.79 Å². The van der Waals surface area contributed by atoms with Gasteiger partial charge in [0.15, 0.2) is 0 Å². The van der Waals surface area contributed by atoms with E-state index in [4.69, 9.17) is 5.73 Å². The van der Waals surface area contributed by atoms with E-state index in [1.54, 1.807) is 0 Å². The van der Waals surface area contributed by atoms with Crippen LogP contribution in [0.15, 0.2) is 0 Å². The molecule has 0 aromatic rings. The minimum absolute atomic E-state index is 0.238. The van der Waals surface area contributed by atoms with E-state index in [1.807, 2.05) is 18.7 Å². The monoisotopic (exact) mass is 241 g/mol. The molecule has 1 aliphatic heterocycles. The maximum Gasteiger partial charge on any atom is 0.236 e. The van der Waals surface area contributed by atoms with E-state index in [2.05, 4.69) is 11.8 Å². The SMILES string of the molecule is CCN(CC)C(=O)CN1C(C)CCCC1CN. The summed E-state index contributed by atoms with van der Waals surface area (Å²) in [5.41, 5.74) is 5.81. The van der Waals surface area contributed by atoms with Crippen molar-refractivity contribution < 1.29 is 4.79 Å². The summed E-state index contributed by atoms with van der Waals surface area (Å²) in [5.74, 6) is 0.238. The zero-order valence-corrected chi connectivity index (χ0v) is 11.5. The predicted molar refractivity (Wildman–Crippen MR) is 70.8 cm³/mol. The number of hydrogen-bond donors (Lipinski definition) is 1. The smallest absolute Gasteiger partial charge is 0.236 e. The van der Waals surface area contributed by atoms with Crippen molar-refractivity contribution in [2.45, 2.75) is 52.1 Å². The van der Waals surface area contributed by atoms with Gasteiger partial charge in [0.2, 0.25) is 5.91 Å². The molecule has 1 fully saturated rings. The van der Waals surface area contributed by atoms with E-state index in [0.717, 1.165) is 19.5 Å². The molecule has 1 saturated heterocycles. The molecule has 1 amide bonds. The Hall–Kier alpha value is -0.610. The van der Waals surface area contributed by atoms with Crippen molar-refractivity contribution in [1.82, 2.24) is 9.80 Å². The summed E-state index contributed by atoms with van der Waals surface area (Å²) >= 11 is 0. The van der Waals surface area contributed by atoms with Crippen LogP contribution in [0, 0.1) is 0 Å². The van der Waals surface area contributed by atoms with Gasteiger partial charge in [0, 0.05) is 31.7 Å². The Kier molecular flexibility index (Phi) is 5.92. The third-order valence-corrected chi connectivity index (χ3v) is 3.90. The van der Waals surface area contributed by atoms with Crippen molar-refractivity contribution in [1.29, 1.82) is 0 Å². The van der Waals surface area contributed by atoms with Gasteiger partial charge in [-0.25, -0.2) is 0 Å². The minimum Gasteiger partial charge on any atom is -0.342 e. The molecule has 2 unspecified atom stereocenters. The van der Waals surface area contributed by atoms with Gasteiger partial charge in [-0.1, -0.05) is 6.42 Å². The second-order valence-electron chi connectivity index (χ2n) is 4.91. The van der Waals surface area contributed by atoms with Gasteiger partial charge in [0.25, 0.3) is 0 Å². The van der Waals surface area contributed by atoms with E-state index in [-0.39, 0.29) is 5.91 Å². The number of piperidine rings is 1. The number of nitrogens with zero attached hydrogens (tertiary/aromatic N) is 2. The third kappa shape index (κ3) is 3.68. The molecule has 4 nitrogen and oxygen atoms in total. The number of rotatable bonds is 5. The Morgan fingerprint density at radius 3 is 2.53 bits per heavy atom. The van der Waals surface area contributed by atoms with Crippen molar-refractivity contribution in [3.05, 3.63) is 0 Å². The van der Waals surface area contributed by atoms with Crippen molar-refractivity contribution in [2.75, 3.05) is 26.2 Å². The molecule has 100 valence electrons. The van der Waals surface area contributed by atoms with Crippen LogP contribution in [0.5, 0.6) is 0 Å². The molecule has 0 aromatic carbocycles. The van der Waals surface area contributed by atoms with Gasteiger partial charge >= 0.3 is 0 Å². The molecule has 17 heavy (non-hydrogen) atoms. The van der Waals surface area contributed by atoms with Crippen LogP contribution in [0.4, 0.5) is 0 Å². The van der Waals surface area contributed by atoms with Crippen molar-refractivity contribution in [3.63, 3.8) is 0 Å². The fourth-order valence-electron chi connectivity index (χ4n) is 2.71. The lowest BCUT2D eigenvalue weighted by Crippen LogP contribution is -2.53. The summed E-state index contributed by atoms with van der Waals surface area (Å²) in [6.45, 7) is 9.05. The Morgan fingerprint density at radius 1 is 1.35 bits per heavy atom. The van der Waals surface area contributed by atoms with Gasteiger partial charge in [0.1, 0.15) is 0 Å². The van der Waals surface area contributed by atoms with E-state index in [9.17, 15) is 4.79 Å². The topological polar surface area (TPSA) is 49.6 Å². The summed E-state index contributed by atoms with van der Waals surface area (Å²) in [4.78, 5) is 16.3. The lowest BCUT2D eigenvalue weighted by atomic mass is 9.96. The Balaban J connectivity index is 2.60. The van der Waals surface area contributed by atoms with Crippen LogP contribution in [0.2, 0.25) is 0 Å². The fourth-order valence-corrected chi connectivity index (χ4v) is 2.71. The first kappa shape index (κ1) is 14.5. The second-order valence-corrected chi connectivity index (χ2v) is 4.91. The number of carbonyl (C=O) groups excluding carboxylic acids is 1. The molecule has 1 aliphatic rings. The molecule has 0 aromatic heterocycles. The maximum absolute atomic E-state index is 12.1. The van der Waals surface area contributed by atoms with Crippen molar-refractivity contribution in [2.24, 2.45) is 5.73 Å². The van der Waals surface area contributed by atoms with E-state index >= 15 is 0 Å². The maximum atomic E-state index is 12.1. The average molecular weight is 241 g/mol. The standard InChI is InChI=1S/C13H27N3O/c1-4-15(5-2)13(17)10-16-11(3)7-6-8-12(16)9-14/h11-12H,4-10,14H2,1-3H3. The molecule has 1 heterocycles. The molecule has 2 atom stereocenters. The lowest BCUT2D eigenvalue weighted by molar-refractivity contribution is -0.133. The molecule has 0 radical (unpaired) electrons. The average Bonchev–Trinajstić information content (AvgIpc) is 2.33. The predicted octanol–water partition coefficient (Wildman–Crippen LogP) is 1.06. The number of amides is 1. The summed E-state index contributed by atoms with van der Waals surface area (Å²) < 4.78 is 0. The van der Waals surface area contributed by atoms with E-state index < -0.39 is 0 Å². The van der Waals surface area contributed by atoms with Gasteiger partial charge in [0.05, 0.1) is 6.54 Å². The molecule has 0 saturated carbocycles. The Labute approximate surface area is 105 Å². The molecular weight excluding hydrogens is 214 g/mol. The largest absolute Gasteiger partial charge is 0.342 e. The summed E-state index contributed by atoms with van der Waals surface area (Å²) in [6, 6.07) is 0.870. The quantitative estimate of drug-likeness (QED) is 0.783. The van der Waals surface area contributed by atoms with E-state index in [1.165, 1.54) is 12.8 Å². The minimum atomic E-state index is 0.238. The molecule has 0 spiro atoms. The summed E-state index contributed by atoms with van der Waals surface area (Å²) in [7, 11) is 0. The number of hydrogen-bond acceptors (Lipinski definition) is 3. The normalized spacial score (nSPS) is 25.9.